The van der Waals surface area contributed by atoms with E-state index in [9.17, 15) is 8.78 Å². The number of benzene rings is 1. The normalized spacial score (nSPS) is 20.9. The molecule has 1 aliphatic rings. The highest BCUT2D eigenvalue weighted by atomic mass is 32.2. The molecule has 1 fully saturated rings. The summed E-state index contributed by atoms with van der Waals surface area (Å²) in [5.74, 6) is 0.913. The SMILES string of the molecule is CCCNC(Cc1c(F)cccc1F)C1CSCCO1. The summed E-state index contributed by atoms with van der Waals surface area (Å²) < 4.78 is 33.3. The predicted octanol–water partition coefficient (Wildman–Crippen LogP) is 3.01. The zero-order valence-electron chi connectivity index (χ0n) is 11.7. The minimum atomic E-state index is -0.475. The van der Waals surface area contributed by atoms with E-state index in [1.165, 1.54) is 18.2 Å². The van der Waals surface area contributed by atoms with E-state index in [1.807, 2.05) is 11.8 Å². The first-order chi connectivity index (χ1) is 9.72. The van der Waals surface area contributed by atoms with Crippen LogP contribution in [-0.2, 0) is 11.2 Å². The highest BCUT2D eigenvalue weighted by Gasteiger charge is 2.26. The Bertz CT molecular complexity index is 404. The van der Waals surface area contributed by atoms with Crippen molar-refractivity contribution in [2.24, 2.45) is 0 Å². The molecule has 1 heterocycles. The van der Waals surface area contributed by atoms with E-state index in [0.29, 0.717) is 13.0 Å². The van der Waals surface area contributed by atoms with Gasteiger partial charge in [0.2, 0.25) is 0 Å². The molecule has 1 aliphatic heterocycles. The first-order valence-corrected chi connectivity index (χ1v) is 8.23. The Balaban J connectivity index is 2.09. The van der Waals surface area contributed by atoms with Crippen molar-refractivity contribution in [1.29, 1.82) is 0 Å². The molecule has 0 radical (unpaired) electrons. The lowest BCUT2D eigenvalue weighted by molar-refractivity contribution is 0.0468. The second-order valence-electron chi connectivity index (χ2n) is 4.95. The Kier molecular flexibility index (Phi) is 6.26. The van der Waals surface area contributed by atoms with E-state index in [0.717, 1.165) is 24.5 Å². The predicted molar refractivity (Wildman–Crippen MR) is 79.2 cm³/mol. The number of halogens is 2. The Morgan fingerprint density at radius 3 is 2.75 bits per heavy atom. The number of nitrogens with one attached hydrogen (secondary N) is 1. The maximum atomic E-state index is 13.8. The molecule has 0 bridgehead atoms. The van der Waals surface area contributed by atoms with Crippen molar-refractivity contribution in [3.8, 4) is 0 Å². The standard InChI is InChI=1S/C15H21F2NOS/c1-2-6-18-14(15-10-20-8-7-19-15)9-11-12(16)4-3-5-13(11)17/h3-5,14-15,18H,2,6-10H2,1H3. The third kappa shape index (κ3) is 4.17. The van der Waals surface area contributed by atoms with Gasteiger partial charge < -0.3 is 10.1 Å². The van der Waals surface area contributed by atoms with Gasteiger partial charge in [-0.15, -0.1) is 0 Å². The van der Waals surface area contributed by atoms with Gasteiger partial charge >= 0.3 is 0 Å². The van der Waals surface area contributed by atoms with Crippen molar-refractivity contribution in [2.45, 2.75) is 31.9 Å². The van der Waals surface area contributed by atoms with E-state index in [2.05, 4.69) is 12.2 Å². The van der Waals surface area contributed by atoms with Crippen LogP contribution in [0.1, 0.15) is 18.9 Å². The van der Waals surface area contributed by atoms with Crippen LogP contribution >= 0.6 is 11.8 Å². The maximum Gasteiger partial charge on any atom is 0.129 e. The lowest BCUT2D eigenvalue weighted by Crippen LogP contribution is -2.46. The van der Waals surface area contributed by atoms with Crippen molar-refractivity contribution in [3.63, 3.8) is 0 Å². The number of hydrogen-bond donors (Lipinski definition) is 1. The van der Waals surface area contributed by atoms with Crippen LogP contribution in [0.5, 0.6) is 0 Å². The van der Waals surface area contributed by atoms with Crippen molar-refractivity contribution in [2.75, 3.05) is 24.7 Å². The molecule has 5 heteroatoms. The molecule has 20 heavy (non-hydrogen) atoms. The van der Waals surface area contributed by atoms with Crippen LogP contribution in [0.2, 0.25) is 0 Å². The van der Waals surface area contributed by atoms with Gasteiger partial charge in [0.15, 0.2) is 0 Å². The van der Waals surface area contributed by atoms with Crippen LogP contribution in [0.4, 0.5) is 8.78 Å². The van der Waals surface area contributed by atoms with Crippen LogP contribution in [0, 0.1) is 11.6 Å². The molecule has 0 saturated carbocycles. The fourth-order valence-corrected chi connectivity index (χ4v) is 3.29. The van der Waals surface area contributed by atoms with Gasteiger partial charge in [-0.25, -0.2) is 8.78 Å². The van der Waals surface area contributed by atoms with Crippen LogP contribution in [-0.4, -0.2) is 36.8 Å². The maximum absolute atomic E-state index is 13.8. The van der Waals surface area contributed by atoms with Crippen LogP contribution in [0.3, 0.4) is 0 Å². The van der Waals surface area contributed by atoms with Crippen molar-refractivity contribution in [1.82, 2.24) is 5.32 Å². The average Bonchev–Trinajstić information content (AvgIpc) is 2.47. The lowest BCUT2D eigenvalue weighted by Gasteiger charge is -2.31. The molecule has 1 aromatic rings. The molecule has 2 nitrogen and oxygen atoms in total. The molecular formula is C15H21F2NOS. The Morgan fingerprint density at radius 1 is 1.40 bits per heavy atom. The molecule has 2 rings (SSSR count). The van der Waals surface area contributed by atoms with Gasteiger partial charge in [0.1, 0.15) is 11.6 Å². The molecule has 1 N–H and O–H groups in total. The van der Waals surface area contributed by atoms with Gasteiger partial charge in [-0.3, -0.25) is 0 Å². The fraction of sp³-hybridized carbons (Fsp3) is 0.600. The number of hydrogen-bond acceptors (Lipinski definition) is 3. The van der Waals surface area contributed by atoms with E-state index in [1.54, 1.807) is 0 Å². The molecule has 1 saturated heterocycles. The molecule has 0 amide bonds. The van der Waals surface area contributed by atoms with Gasteiger partial charge in [0, 0.05) is 23.1 Å². The number of rotatable bonds is 6. The summed E-state index contributed by atoms with van der Waals surface area (Å²) in [7, 11) is 0. The molecule has 0 spiro atoms. The smallest absolute Gasteiger partial charge is 0.129 e. The highest BCUT2D eigenvalue weighted by Crippen LogP contribution is 2.21. The Hall–Kier alpha value is -0.650. The number of ether oxygens (including phenoxy) is 1. The molecule has 2 atom stereocenters. The Labute approximate surface area is 123 Å². The van der Waals surface area contributed by atoms with Crippen molar-refractivity contribution < 1.29 is 13.5 Å². The summed E-state index contributed by atoms with van der Waals surface area (Å²) in [5, 5.41) is 3.37. The van der Waals surface area contributed by atoms with Gasteiger partial charge in [-0.1, -0.05) is 13.0 Å². The zero-order chi connectivity index (χ0) is 14.4. The van der Waals surface area contributed by atoms with E-state index >= 15 is 0 Å². The van der Waals surface area contributed by atoms with Crippen LogP contribution in [0.15, 0.2) is 18.2 Å². The zero-order valence-corrected chi connectivity index (χ0v) is 12.5. The first-order valence-electron chi connectivity index (χ1n) is 7.08. The molecule has 0 aromatic heterocycles. The van der Waals surface area contributed by atoms with Crippen molar-refractivity contribution in [3.05, 3.63) is 35.4 Å². The van der Waals surface area contributed by atoms with Gasteiger partial charge in [0.05, 0.1) is 12.7 Å². The van der Waals surface area contributed by atoms with Gasteiger partial charge in [0.25, 0.3) is 0 Å². The van der Waals surface area contributed by atoms with E-state index in [4.69, 9.17) is 4.74 Å². The third-order valence-electron chi connectivity index (χ3n) is 3.43. The quantitative estimate of drug-likeness (QED) is 0.873. The largest absolute Gasteiger partial charge is 0.375 e. The van der Waals surface area contributed by atoms with Crippen LogP contribution < -0.4 is 5.32 Å². The summed E-state index contributed by atoms with van der Waals surface area (Å²) in [4.78, 5) is 0. The lowest BCUT2D eigenvalue weighted by atomic mass is 10.0. The minimum absolute atomic E-state index is 0.0132. The highest BCUT2D eigenvalue weighted by molar-refractivity contribution is 7.99. The topological polar surface area (TPSA) is 21.3 Å². The van der Waals surface area contributed by atoms with E-state index < -0.39 is 11.6 Å². The fourth-order valence-electron chi connectivity index (χ4n) is 2.35. The third-order valence-corrected chi connectivity index (χ3v) is 4.45. The first kappa shape index (κ1) is 15.7. The molecule has 2 unspecified atom stereocenters. The van der Waals surface area contributed by atoms with Gasteiger partial charge in [-0.05, 0) is 31.5 Å². The second kappa shape index (κ2) is 7.96. The summed E-state index contributed by atoms with van der Waals surface area (Å²) in [5.41, 5.74) is 0.153. The van der Waals surface area contributed by atoms with E-state index in [-0.39, 0.29) is 17.7 Å². The molecular weight excluding hydrogens is 280 g/mol. The summed E-state index contributed by atoms with van der Waals surface area (Å²) >= 11 is 1.83. The monoisotopic (exact) mass is 301 g/mol. The molecule has 1 aromatic carbocycles. The minimum Gasteiger partial charge on any atom is -0.375 e. The van der Waals surface area contributed by atoms with Crippen molar-refractivity contribution >= 4 is 11.8 Å². The Morgan fingerprint density at radius 2 is 2.15 bits per heavy atom. The number of thioether (sulfide) groups is 1. The van der Waals surface area contributed by atoms with Crippen LogP contribution in [0.25, 0.3) is 0 Å². The van der Waals surface area contributed by atoms with Gasteiger partial charge in [-0.2, -0.15) is 11.8 Å². The summed E-state index contributed by atoms with van der Waals surface area (Å²) in [6.07, 6.45) is 1.32. The second-order valence-corrected chi connectivity index (χ2v) is 6.10. The molecule has 112 valence electrons. The summed E-state index contributed by atoms with van der Waals surface area (Å²) in [6, 6.07) is 3.97. The average molecular weight is 301 g/mol. The summed E-state index contributed by atoms with van der Waals surface area (Å²) in [6.45, 7) is 3.61. The molecule has 0 aliphatic carbocycles.